The lowest BCUT2D eigenvalue weighted by molar-refractivity contribution is 0.286. The molecule has 0 amide bonds. The van der Waals surface area contributed by atoms with E-state index in [9.17, 15) is 0 Å². The molecular weight excluding hydrogens is 224 g/mol. The molecule has 0 radical (unpaired) electrons. The van der Waals surface area contributed by atoms with E-state index in [4.69, 9.17) is 5.73 Å². The summed E-state index contributed by atoms with van der Waals surface area (Å²) in [6.07, 6.45) is 12.0. The number of aryl methyl sites for hydroxylation is 1. The molecule has 4 heteroatoms. The molecule has 2 heterocycles. The summed E-state index contributed by atoms with van der Waals surface area (Å²) in [5.41, 5.74) is 6.52. The third kappa shape index (κ3) is 2.44. The molecule has 3 rings (SSSR count). The molecular formula is C14H24N4. The van der Waals surface area contributed by atoms with Gasteiger partial charge in [-0.3, -0.25) is 0 Å². The van der Waals surface area contributed by atoms with Gasteiger partial charge in [0.1, 0.15) is 11.6 Å². The molecule has 0 atom stereocenters. The predicted octanol–water partition coefficient (Wildman–Crippen LogP) is 2.21. The van der Waals surface area contributed by atoms with Gasteiger partial charge in [0.25, 0.3) is 0 Å². The van der Waals surface area contributed by atoms with Crippen LogP contribution < -0.4 is 5.73 Å². The largest absolute Gasteiger partial charge is 0.325 e. The van der Waals surface area contributed by atoms with E-state index in [1.165, 1.54) is 44.3 Å². The molecule has 0 aromatic carbocycles. The molecule has 1 saturated carbocycles. The normalized spacial score (nSPS) is 23.4. The monoisotopic (exact) mass is 248 g/mol. The summed E-state index contributed by atoms with van der Waals surface area (Å²) < 4.78 is 2.34. The maximum atomic E-state index is 6.54. The average Bonchev–Trinajstić information content (AvgIpc) is 2.61. The Kier molecular flexibility index (Phi) is 3.37. The lowest BCUT2D eigenvalue weighted by atomic mass is 9.80. The van der Waals surface area contributed by atoms with Gasteiger partial charge in [0.2, 0.25) is 0 Å². The van der Waals surface area contributed by atoms with Crippen molar-refractivity contribution in [3.8, 4) is 0 Å². The van der Waals surface area contributed by atoms with Crippen LogP contribution in [0.1, 0.15) is 63.0 Å². The van der Waals surface area contributed by atoms with Crippen LogP contribution in [-0.2, 0) is 19.4 Å². The van der Waals surface area contributed by atoms with Crippen LogP contribution in [0.15, 0.2) is 0 Å². The second-order valence-corrected chi connectivity index (χ2v) is 6.09. The first kappa shape index (κ1) is 12.2. The third-order valence-electron chi connectivity index (χ3n) is 4.55. The molecule has 4 nitrogen and oxygen atoms in total. The summed E-state index contributed by atoms with van der Waals surface area (Å²) in [6, 6.07) is 0. The zero-order valence-electron chi connectivity index (χ0n) is 11.2. The second kappa shape index (κ2) is 5.00. The van der Waals surface area contributed by atoms with Crippen molar-refractivity contribution in [1.82, 2.24) is 14.8 Å². The van der Waals surface area contributed by atoms with Crippen LogP contribution in [0.25, 0.3) is 0 Å². The Balaban J connectivity index is 1.78. The average molecular weight is 248 g/mol. The summed E-state index contributed by atoms with van der Waals surface area (Å²) >= 11 is 0. The van der Waals surface area contributed by atoms with E-state index in [1.807, 2.05) is 0 Å². The van der Waals surface area contributed by atoms with Crippen LogP contribution in [0, 0.1) is 0 Å². The van der Waals surface area contributed by atoms with Gasteiger partial charge in [0.05, 0.1) is 0 Å². The number of nitrogens with two attached hydrogens (primary N) is 1. The molecule has 2 aliphatic rings. The van der Waals surface area contributed by atoms with Crippen molar-refractivity contribution >= 4 is 0 Å². The van der Waals surface area contributed by atoms with Gasteiger partial charge in [0, 0.05) is 24.9 Å². The first-order valence-electron chi connectivity index (χ1n) is 7.47. The van der Waals surface area contributed by atoms with E-state index < -0.39 is 0 Å². The third-order valence-corrected chi connectivity index (χ3v) is 4.55. The van der Waals surface area contributed by atoms with Crippen LogP contribution in [0.3, 0.4) is 0 Å². The molecule has 1 fully saturated rings. The number of hydrogen-bond donors (Lipinski definition) is 1. The molecule has 2 N–H and O–H groups in total. The molecule has 100 valence electrons. The minimum absolute atomic E-state index is 0.0195. The fraction of sp³-hybridized carbons (Fsp3) is 0.857. The number of fused-ring (bicyclic) bond motifs is 1. The summed E-state index contributed by atoms with van der Waals surface area (Å²) in [5, 5.41) is 8.78. The zero-order valence-corrected chi connectivity index (χ0v) is 11.2. The lowest BCUT2D eigenvalue weighted by Gasteiger charge is -2.33. The first-order chi connectivity index (χ1) is 8.77. The fourth-order valence-corrected chi connectivity index (χ4v) is 3.42. The van der Waals surface area contributed by atoms with E-state index in [0.29, 0.717) is 0 Å². The Morgan fingerprint density at radius 2 is 1.78 bits per heavy atom. The Morgan fingerprint density at radius 1 is 1.00 bits per heavy atom. The number of nitrogens with zero attached hydrogens (tertiary/aromatic N) is 3. The van der Waals surface area contributed by atoms with Gasteiger partial charge < -0.3 is 10.3 Å². The molecule has 0 bridgehead atoms. The molecule has 0 saturated heterocycles. The SMILES string of the molecule is NC1(Cc2nnc3n2CCCCC3)CCCCC1. The lowest BCUT2D eigenvalue weighted by Crippen LogP contribution is -2.44. The Hall–Kier alpha value is -0.900. The van der Waals surface area contributed by atoms with Gasteiger partial charge in [0.15, 0.2) is 0 Å². The van der Waals surface area contributed by atoms with Gasteiger partial charge in [-0.1, -0.05) is 25.7 Å². The summed E-state index contributed by atoms with van der Waals surface area (Å²) in [4.78, 5) is 0. The molecule has 1 aromatic heterocycles. The van der Waals surface area contributed by atoms with Crippen molar-refractivity contribution in [2.45, 2.75) is 76.3 Å². The quantitative estimate of drug-likeness (QED) is 0.873. The number of aromatic nitrogens is 3. The van der Waals surface area contributed by atoms with E-state index >= 15 is 0 Å². The van der Waals surface area contributed by atoms with Crippen molar-refractivity contribution in [1.29, 1.82) is 0 Å². The van der Waals surface area contributed by atoms with Gasteiger partial charge in [-0.25, -0.2) is 0 Å². The summed E-state index contributed by atoms with van der Waals surface area (Å²) in [6.45, 7) is 1.09. The van der Waals surface area contributed by atoms with Gasteiger partial charge in [-0.15, -0.1) is 10.2 Å². The van der Waals surface area contributed by atoms with Crippen LogP contribution in [0.2, 0.25) is 0 Å². The Bertz CT molecular complexity index is 404. The van der Waals surface area contributed by atoms with E-state index in [1.54, 1.807) is 0 Å². The van der Waals surface area contributed by atoms with E-state index in [0.717, 1.165) is 38.1 Å². The molecule has 0 unspecified atom stereocenters. The molecule has 1 aliphatic heterocycles. The van der Waals surface area contributed by atoms with Crippen molar-refractivity contribution < 1.29 is 0 Å². The Labute approximate surface area is 109 Å². The van der Waals surface area contributed by atoms with E-state index in [-0.39, 0.29) is 5.54 Å². The molecule has 18 heavy (non-hydrogen) atoms. The van der Waals surface area contributed by atoms with Crippen LogP contribution in [0.5, 0.6) is 0 Å². The summed E-state index contributed by atoms with van der Waals surface area (Å²) in [5.74, 6) is 2.32. The highest BCUT2D eigenvalue weighted by Crippen LogP contribution is 2.29. The van der Waals surface area contributed by atoms with Crippen molar-refractivity contribution in [2.24, 2.45) is 5.73 Å². The van der Waals surface area contributed by atoms with Gasteiger partial charge >= 0.3 is 0 Å². The smallest absolute Gasteiger partial charge is 0.134 e. The van der Waals surface area contributed by atoms with Crippen molar-refractivity contribution in [2.75, 3.05) is 0 Å². The van der Waals surface area contributed by atoms with Crippen molar-refractivity contribution in [3.63, 3.8) is 0 Å². The van der Waals surface area contributed by atoms with Crippen molar-refractivity contribution in [3.05, 3.63) is 11.6 Å². The maximum absolute atomic E-state index is 6.54. The van der Waals surface area contributed by atoms with Crippen LogP contribution >= 0.6 is 0 Å². The highest BCUT2D eigenvalue weighted by Gasteiger charge is 2.30. The van der Waals surface area contributed by atoms with E-state index in [2.05, 4.69) is 14.8 Å². The van der Waals surface area contributed by atoms with Gasteiger partial charge in [-0.05, 0) is 25.7 Å². The fourth-order valence-electron chi connectivity index (χ4n) is 3.42. The molecule has 1 aliphatic carbocycles. The minimum Gasteiger partial charge on any atom is -0.325 e. The van der Waals surface area contributed by atoms with Gasteiger partial charge in [-0.2, -0.15) is 0 Å². The molecule has 0 spiro atoms. The number of hydrogen-bond acceptors (Lipinski definition) is 3. The summed E-state index contributed by atoms with van der Waals surface area (Å²) in [7, 11) is 0. The first-order valence-corrected chi connectivity index (χ1v) is 7.47. The van der Waals surface area contributed by atoms with Crippen LogP contribution in [-0.4, -0.2) is 20.3 Å². The maximum Gasteiger partial charge on any atom is 0.134 e. The Morgan fingerprint density at radius 3 is 2.61 bits per heavy atom. The highest BCUT2D eigenvalue weighted by molar-refractivity contribution is 5.04. The second-order valence-electron chi connectivity index (χ2n) is 6.09. The minimum atomic E-state index is -0.0195. The standard InChI is InChI=1S/C14H24N4/c15-14(8-4-2-5-9-14)11-13-17-16-12-7-3-1-6-10-18(12)13/h1-11,15H2. The van der Waals surface area contributed by atoms with Crippen LogP contribution in [0.4, 0.5) is 0 Å². The predicted molar refractivity (Wildman–Crippen MR) is 71.3 cm³/mol. The molecule has 1 aromatic rings. The topological polar surface area (TPSA) is 56.7 Å². The zero-order chi connectivity index (χ0) is 12.4. The highest BCUT2D eigenvalue weighted by atomic mass is 15.3. The number of rotatable bonds is 2.